The molecule has 0 N–H and O–H groups in total. The van der Waals surface area contributed by atoms with Gasteiger partial charge >= 0.3 is 0 Å². The normalized spacial score (nSPS) is 19.9. The molecule has 0 saturated carbocycles. The Labute approximate surface area is 215 Å². The molecule has 6 rings (SSSR count). The van der Waals surface area contributed by atoms with Crippen LogP contribution in [0, 0.1) is 12.7 Å². The SMILES string of the molecule is Cc1noc(-c2ccc(N3CCN(C4(C)c5ccccc5C(=O)N(C)c5ccccc54)CC3)c(F)c2)n1. The van der Waals surface area contributed by atoms with Gasteiger partial charge in [-0.25, -0.2) is 4.39 Å². The zero-order valence-corrected chi connectivity index (χ0v) is 21.1. The highest BCUT2D eigenvalue weighted by Gasteiger charge is 2.44. The number of nitrogens with zero attached hydrogens (tertiary/aromatic N) is 5. The number of para-hydroxylation sites is 1. The number of amides is 1. The summed E-state index contributed by atoms with van der Waals surface area (Å²) in [6, 6.07) is 21.1. The summed E-state index contributed by atoms with van der Waals surface area (Å²) in [6.45, 7) is 6.66. The molecule has 0 radical (unpaired) electrons. The average Bonchev–Trinajstić information content (AvgIpc) is 3.35. The van der Waals surface area contributed by atoms with Crippen LogP contribution in [0.4, 0.5) is 15.8 Å². The van der Waals surface area contributed by atoms with E-state index in [1.54, 1.807) is 17.9 Å². The minimum absolute atomic E-state index is 0.0102. The molecule has 0 spiro atoms. The minimum atomic E-state index is -0.516. The predicted molar refractivity (Wildman–Crippen MR) is 140 cm³/mol. The first kappa shape index (κ1) is 23.4. The van der Waals surface area contributed by atoms with Gasteiger partial charge in [0.1, 0.15) is 5.82 Å². The van der Waals surface area contributed by atoms with Crippen molar-refractivity contribution in [3.63, 3.8) is 0 Å². The predicted octanol–water partition coefficient (Wildman–Crippen LogP) is 4.86. The molecule has 4 aromatic rings. The summed E-state index contributed by atoms with van der Waals surface area (Å²) in [5.41, 5.74) is 4.31. The fourth-order valence-electron chi connectivity index (χ4n) is 5.75. The number of carbonyl (C=O) groups excluding carboxylic acids is 1. The molecule has 3 aromatic carbocycles. The molecule has 0 aliphatic carbocycles. The Morgan fingerprint density at radius 1 is 0.919 bits per heavy atom. The minimum Gasteiger partial charge on any atom is -0.367 e. The smallest absolute Gasteiger partial charge is 0.258 e. The first-order valence-electron chi connectivity index (χ1n) is 12.4. The van der Waals surface area contributed by atoms with Gasteiger partial charge in [-0.3, -0.25) is 9.69 Å². The molecule has 1 amide bonds. The van der Waals surface area contributed by atoms with Crippen molar-refractivity contribution in [1.82, 2.24) is 15.0 Å². The Hall–Kier alpha value is -4.04. The zero-order valence-electron chi connectivity index (χ0n) is 21.1. The van der Waals surface area contributed by atoms with Gasteiger partial charge < -0.3 is 14.3 Å². The van der Waals surface area contributed by atoms with Crippen LogP contribution in [0.25, 0.3) is 11.5 Å². The highest BCUT2D eigenvalue weighted by atomic mass is 19.1. The zero-order chi connectivity index (χ0) is 25.7. The van der Waals surface area contributed by atoms with Gasteiger partial charge in [0.25, 0.3) is 11.8 Å². The molecule has 37 heavy (non-hydrogen) atoms. The summed E-state index contributed by atoms with van der Waals surface area (Å²) in [6.07, 6.45) is 0. The fraction of sp³-hybridized carbons (Fsp3) is 0.276. The lowest BCUT2D eigenvalue weighted by Crippen LogP contribution is -2.55. The maximum absolute atomic E-state index is 15.2. The molecular formula is C29H28FN5O2. The number of rotatable bonds is 3. The number of benzene rings is 3. The summed E-state index contributed by atoms with van der Waals surface area (Å²) in [4.78, 5) is 23.9. The first-order valence-corrected chi connectivity index (χ1v) is 12.4. The summed E-state index contributed by atoms with van der Waals surface area (Å²) in [5.74, 6) is 0.499. The third kappa shape index (κ3) is 3.71. The van der Waals surface area contributed by atoms with Crippen LogP contribution in [-0.2, 0) is 5.54 Å². The number of aromatic nitrogens is 2. The number of aryl methyl sites for hydroxylation is 1. The van der Waals surface area contributed by atoms with Gasteiger partial charge in [0.05, 0.1) is 11.2 Å². The largest absolute Gasteiger partial charge is 0.367 e. The molecule has 1 unspecified atom stereocenters. The van der Waals surface area contributed by atoms with Crippen molar-refractivity contribution >= 4 is 17.3 Å². The van der Waals surface area contributed by atoms with E-state index in [9.17, 15) is 4.79 Å². The Bertz CT molecular complexity index is 1490. The average molecular weight is 498 g/mol. The molecule has 2 aliphatic heterocycles. The lowest BCUT2D eigenvalue weighted by Gasteiger charge is -2.47. The Morgan fingerprint density at radius 3 is 2.32 bits per heavy atom. The van der Waals surface area contributed by atoms with Crippen LogP contribution in [0.5, 0.6) is 0 Å². The number of anilines is 2. The third-order valence-electron chi connectivity index (χ3n) is 7.75. The van der Waals surface area contributed by atoms with E-state index in [1.165, 1.54) is 6.07 Å². The second-order valence-electron chi connectivity index (χ2n) is 9.79. The molecule has 1 atom stereocenters. The highest BCUT2D eigenvalue weighted by Crippen LogP contribution is 2.45. The summed E-state index contributed by atoms with van der Waals surface area (Å²) >= 11 is 0. The van der Waals surface area contributed by atoms with Crippen molar-refractivity contribution in [2.75, 3.05) is 43.0 Å². The highest BCUT2D eigenvalue weighted by molar-refractivity contribution is 6.08. The van der Waals surface area contributed by atoms with E-state index in [1.807, 2.05) is 49.5 Å². The van der Waals surface area contributed by atoms with Crippen molar-refractivity contribution < 1.29 is 13.7 Å². The van der Waals surface area contributed by atoms with Gasteiger partial charge in [0, 0.05) is 55.6 Å². The van der Waals surface area contributed by atoms with Crippen molar-refractivity contribution in [2.24, 2.45) is 0 Å². The molecule has 8 heteroatoms. The number of halogens is 1. The standard InChI is InChI=1S/C29H28FN5O2/c1-19-31-27(37-32-19)20-12-13-26(24(30)18-20)34-14-16-35(17-15-34)29(2)22-9-5-4-8-21(22)28(36)33(3)25-11-7-6-10-23(25)29/h4-13,18H,14-17H2,1-3H3. The van der Waals surface area contributed by atoms with Crippen molar-refractivity contribution in [1.29, 1.82) is 0 Å². The van der Waals surface area contributed by atoms with Crippen LogP contribution in [-0.4, -0.2) is 54.2 Å². The number of carbonyl (C=O) groups is 1. The molecule has 1 aromatic heterocycles. The maximum atomic E-state index is 15.2. The molecule has 7 nitrogen and oxygen atoms in total. The van der Waals surface area contributed by atoms with Gasteiger partial charge in [0.15, 0.2) is 5.82 Å². The van der Waals surface area contributed by atoms with Crippen LogP contribution >= 0.6 is 0 Å². The lowest BCUT2D eigenvalue weighted by molar-refractivity contribution is 0.0987. The van der Waals surface area contributed by atoms with E-state index < -0.39 is 5.54 Å². The van der Waals surface area contributed by atoms with Gasteiger partial charge in [-0.05, 0) is 49.7 Å². The summed E-state index contributed by atoms with van der Waals surface area (Å²) in [7, 11) is 1.84. The van der Waals surface area contributed by atoms with Gasteiger partial charge in [0.2, 0.25) is 0 Å². The maximum Gasteiger partial charge on any atom is 0.258 e. The summed E-state index contributed by atoms with van der Waals surface area (Å²) < 4.78 is 20.4. The molecule has 0 bridgehead atoms. The molecule has 1 saturated heterocycles. The number of piperazine rings is 1. The van der Waals surface area contributed by atoms with Crippen LogP contribution < -0.4 is 9.80 Å². The Kier molecular flexibility index (Phi) is 5.56. The van der Waals surface area contributed by atoms with E-state index in [4.69, 9.17) is 4.52 Å². The van der Waals surface area contributed by atoms with Gasteiger partial charge in [-0.1, -0.05) is 41.6 Å². The van der Waals surface area contributed by atoms with Gasteiger partial charge in [-0.15, -0.1) is 0 Å². The summed E-state index contributed by atoms with van der Waals surface area (Å²) in [5, 5.41) is 3.79. The molecule has 3 heterocycles. The van der Waals surface area contributed by atoms with Crippen LogP contribution in [0.2, 0.25) is 0 Å². The molecular weight excluding hydrogens is 469 g/mol. The number of hydrogen-bond acceptors (Lipinski definition) is 6. The van der Waals surface area contributed by atoms with Gasteiger partial charge in [-0.2, -0.15) is 4.98 Å². The second-order valence-corrected chi connectivity index (χ2v) is 9.79. The van der Waals surface area contributed by atoms with Crippen LogP contribution in [0.3, 0.4) is 0 Å². The lowest BCUT2D eigenvalue weighted by atomic mass is 9.80. The molecule has 1 fully saturated rings. The Balaban J connectivity index is 1.32. The number of hydrogen-bond donors (Lipinski definition) is 0. The topological polar surface area (TPSA) is 65.7 Å². The second kappa shape index (κ2) is 8.81. The van der Waals surface area contributed by atoms with E-state index in [-0.39, 0.29) is 11.7 Å². The first-order chi connectivity index (χ1) is 17.9. The van der Waals surface area contributed by atoms with E-state index in [0.717, 1.165) is 16.8 Å². The Morgan fingerprint density at radius 2 is 1.62 bits per heavy atom. The monoisotopic (exact) mass is 497 g/mol. The fourth-order valence-corrected chi connectivity index (χ4v) is 5.75. The van der Waals surface area contributed by atoms with E-state index in [0.29, 0.717) is 54.7 Å². The van der Waals surface area contributed by atoms with E-state index >= 15 is 4.39 Å². The molecule has 2 aliphatic rings. The molecule has 188 valence electrons. The number of fused-ring (bicyclic) bond motifs is 2. The van der Waals surface area contributed by atoms with Crippen molar-refractivity contribution in [3.05, 3.63) is 95.1 Å². The van der Waals surface area contributed by atoms with Crippen LogP contribution in [0.1, 0.15) is 34.2 Å². The third-order valence-corrected chi connectivity index (χ3v) is 7.75. The quantitative estimate of drug-likeness (QED) is 0.403. The van der Waals surface area contributed by atoms with Crippen molar-refractivity contribution in [3.8, 4) is 11.5 Å². The van der Waals surface area contributed by atoms with Crippen molar-refractivity contribution in [2.45, 2.75) is 19.4 Å². The van der Waals surface area contributed by atoms with Crippen LogP contribution in [0.15, 0.2) is 71.3 Å². The van der Waals surface area contributed by atoms with E-state index in [2.05, 4.69) is 39.0 Å².